The molecule has 3 aliphatic rings. The Labute approximate surface area is 210 Å². The summed E-state index contributed by atoms with van der Waals surface area (Å²) in [6, 6.07) is 5.21. The number of anilines is 2. The Bertz CT molecular complexity index is 987. The summed E-state index contributed by atoms with van der Waals surface area (Å²) in [5, 5.41) is 13.7. The quantitative estimate of drug-likeness (QED) is 0.501. The summed E-state index contributed by atoms with van der Waals surface area (Å²) in [7, 11) is 1.57. The number of carbonyl (C=O) groups is 4. The van der Waals surface area contributed by atoms with Gasteiger partial charge in [0.05, 0.1) is 12.8 Å². The number of hydrogen-bond donors (Lipinski definition) is 3. The van der Waals surface area contributed by atoms with Gasteiger partial charge >= 0.3 is 12.1 Å². The summed E-state index contributed by atoms with van der Waals surface area (Å²) >= 11 is 0. The van der Waals surface area contributed by atoms with E-state index in [1.54, 1.807) is 7.11 Å². The smallest absolute Gasteiger partial charge is 0.404 e. The first-order chi connectivity index (χ1) is 17.3. The molecule has 3 N–H and O–H groups in total. The predicted octanol–water partition coefficient (Wildman–Crippen LogP) is 0.912. The van der Waals surface area contributed by atoms with E-state index >= 15 is 0 Å². The number of methoxy groups -OCH3 is 1. The monoisotopic (exact) mass is 502 g/mol. The molecule has 0 bridgehead atoms. The topological polar surface area (TPSA) is 135 Å². The summed E-state index contributed by atoms with van der Waals surface area (Å²) in [6.07, 6.45) is 1.00. The molecule has 3 aliphatic heterocycles. The number of nitrogens with one attached hydrogen (secondary N) is 2. The standard InChI is InChI=1S/C24H34N6O6/c1-36-20-16-18(2-3-19(20)30-11-6-21(31)26-23(30)33)28-14-12-27(13-15-28)8-7-22(32)29-9-4-17(5-10-29)25-24(34)35/h2-3,16-17,25H,4-15H2,1H3,(H,34,35)(H,26,31,33). The van der Waals surface area contributed by atoms with Crippen molar-refractivity contribution in [2.75, 3.05) is 69.3 Å². The zero-order valence-corrected chi connectivity index (χ0v) is 20.6. The fourth-order valence-corrected chi connectivity index (χ4v) is 4.97. The molecule has 3 heterocycles. The van der Waals surface area contributed by atoms with Gasteiger partial charge in [0.25, 0.3) is 0 Å². The lowest BCUT2D eigenvalue weighted by Crippen LogP contribution is -2.49. The van der Waals surface area contributed by atoms with Crippen LogP contribution in [0.3, 0.4) is 0 Å². The van der Waals surface area contributed by atoms with Crippen molar-refractivity contribution in [3.8, 4) is 5.75 Å². The van der Waals surface area contributed by atoms with Crippen LogP contribution in [-0.2, 0) is 9.59 Å². The molecule has 1 aromatic carbocycles. The number of carboxylic acid groups (broad SMARTS) is 1. The van der Waals surface area contributed by atoms with Gasteiger partial charge in [0.2, 0.25) is 11.8 Å². The first-order valence-electron chi connectivity index (χ1n) is 12.4. The summed E-state index contributed by atoms with van der Waals surface area (Å²) < 4.78 is 5.56. The summed E-state index contributed by atoms with van der Waals surface area (Å²) in [6.45, 7) is 5.47. The molecule has 3 fully saturated rings. The molecule has 0 radical (unpaired) electrons. The van der Waals surface area contributed by atoms with Gasteiger partial charge in [-0.2, -0.15) is 0 Å². The van der Waals surface area contributed by atoms with Crippen molar-refractivity contribution in [1.29, 1.82) is 0 Å². The Hall–Kier alpha value is -3.54. The van der Waals surface area contributed by atoms with Gasteiger partial charge in [-0.15, -0.1) is 0 Å². The van der Waals surface area contributed by atoms with Crippen LogP contribution in [0.2, 0.25) is 0 Å². The van der Waals surface area contributed by atoms with Crippen molar-refractivity contribution < 1.29 is 29.0 Å². The molecule has 196 valence electrons. The van der Waals surface area contributed by atoms with E-state index in [0.29, 0.717) is 56.9 Å². The summed E-state index contributed by atoms with van der Waals surface area (Å²) in [5.41, 5.74) is 1.63. The number of nitrogens with zero attached hydrogens (tertiary/aromatic N) is 4. The van der Waals surface area contributed by atoms with Gasteiger partial charge in [-0.1, -0.05) is 0 Å². The van der Waals surface area contributed by atoms with Crippen LogP contribution in [0.1, 0.15) is 25.7 Å². The number of hydrogen-bond acceptors (Lipinski definition) is 7. The first kappa shape index (κ1) is 25.5. The lowest BCUT2D eigenvalue weighted by atomic mass is 10.0. The Balaban J connectivity index is 1.24. The minimum absolute atomic E-state index is 0.0754. The average Bonchev–Trinajstić information content (AvgIpc) is 2.87. The van der Waals surface area contributed by atoms with Crippen LogP contribution >= 0.6 is 0 Å². The van der Waals surface area contributed by atoms with E-state index in [4.69, 9.17) is 9.84 Å². The fourth-order valence-electron chi connectivity index (χ4n) is 4.97. The van der Waals surface area contributed by atoms with Gasteiger partial charge in [-0.25, -0.2) is 9.59 Å². The van der Waals surface area contributed by atoms with Gasteiger partial charge in [0.1, 0.15) is 5.75 Å². The van der Waals surface area contributed by atoms with Crippen LogP contribution < -0.4 is 25.2 Å². The molecule has 4 rings (SSSR count). The number of rotatable bonds is 7. The Morgan fingerprint density at radius 1 is 1.08 bits per heavy atom. The second kappa shape index (κ2) is 11.5. The molecule has 12 nitrogen and oxygen atoms in total. The molecular formula is C24H34N6O6. The lowest BCUT2D eigenvalue weighted by Gasteiger charge is -2.37. The lowest BCUT2D eigenvalue weighted by molar-refractivity contribution is -0.132. The maximum absolute atomic E-state index is 12.6. The highest BCUT2D eigenvalue weighted by Gasteiger charge is 2.28. The van der Waals surface area contributed by atoms with E-state index in [2.05, 4.69) is 20.4 Å². The van der Waals surface area contributed by atoms with Crippen LogP contribution in [0, 0.1) is 0 Å². The van der Waals surface area contributed by atoms with Gasteiger partial charge in [-0.3, -0.25) is 24.7 Å². The Morgan fingerprint density at radius 3 is 2.44 bits per heavy atom. The number of benzene rings is 1. The van der Waals surface area contributed by atoms with Crippen molar-refractivity contribution in [1.82, 2.24) is 20.4 Å². The largest absolute Gasteiger partial charge is 0.494 e. The number of carbonyl (C=O) groups excluding carboxylic acids is 3. The van der Waals surface area contributed by atoms with Crippen LogP contribution in [0.25, 0.3) is 0 Å². The van der Waals surface area contributed by atoms with Gasteiger partial charge in [-0.05, 0) is 25.0 Å². The van der Waals surface area contributed by atoms with Crippen LogP contribution in [-0.4, -0.2) is 104 Å². The minimum Gasteiger partial charge on any atom is -0.494 e. The number of urea groups is 1. The van der Waals surface area contributed by atoms with Crippen LogP contribution in [0.4, 0.5) is 21.0 Å². The molecular weight excluding hydrogens is 468 g/mol. The highest BCUT2D eigenvalue weighted by atomic mass is 16.5. The van der Waals surface area contributed by atoms with Gasteiger partial charge in [0.15, 0.2) is 0 Å². The maximum atomic E-state index is 12.6. The molecule has 0 aliphatic carbocycles. The summed E-state index contributed by atoms with van der Waals surface area (Å²) in [5.74, 6) is 0.423. The highest BCUT2D eigenvalue weighted by molar-refractivity contribution is 6.06. The van der Waals surface area contributed by atoms with E-state index in [-0.39, 0.29) is 24.3 Å². The van der Waals surface area contributed by atoms with E-state index < -0.39 is 12.1 Å². The molecule has 5 amide bonds. The van der Waals surface area contributed by atoms with Crippen LogP contribution in [0.15, 0.2) is 18.2 Å². The molecule has 0 unspecified atom stereocenters. The van der Waals surface area contributed by atoms with Crippen molar-refractivity contribution in [3.63, 3.8) is 0 Å². The highest BCUT2D eigenvalue weighted by Crippen LogP contribution is 2.34. The van der Waals surface area contributed by atoms with E-state index in [1.165, 1.54) is 4.90 Å². The van der Waals surface area contributed by atoms with Crippen molar-refractivity contribution in [2.24, 2.45) is 0 Å². The number of ether oxygens (including phenoxy) is 1. The summed E-state index contributed by atoms with van der Waals surface area (Å²) in [4.78, 5) is 55.0. The van der Waals surface area contributed by atoms with E-state index in [0.717, 1.165) is 31.9 Å². The third-order valence-corrected chi connectivity index (χ3v) is 7.06. The zero-order chi connectivity index (χ0) is 25.7. The van der Waals surface area contributed by atoms with Gasteiger partial charge in [0, 0.05) is 83.0 Å². The Morgan fingerprint density at radius 2 is 1.81 bits per heavy atom. The minimum atomic E-state index is -1.01. The van der Waals surface area contributed by atoms with Crippen molar-refractivity contribution >= 4 is 35.3 Å². The van der Waals surface area contributed by atoms with Gasteiger partial charge < -0.3 is 25.0 Å². The normalized spacial score (nSPS) is 19.8. The molecule has 1 aromatic rings. The Kier molecular flexibility index (Phi) is 8.14. The van der Waals surface area contributed by atoms with E-state index in [9.17, 15) is 19.2 Å². The molecule has 36 heavy (non-hydrogen) atoms. The third-order valence-electron chi connectivity index (χ3n) is 7.06. The number of imide groups is 1. The molecule has 3 saturated heterocycles. The first-order valence-corrected chi connectivity index (χ1v) is 12.4. The molecule has 0 saturated carbocycles. The van der Waals surface area contributed by atoms with Crippen molar-refractivity contribution in [3.05, 3.63) is 18.2 Å². The average molecular weight is 503 g/mol. The third kappa shape index (κ3) is 6.17. The second-order valence-corrected chi connectivity index (χ2v) is 9.29. The fraction of sp³-hybridized carbons (Fsp3) is 0.583. The number of likely N-dealkylation sites (tertiary alicyclic amines) is 1. The maximum Gasteiger partial charge on any atom is 0.404 e. The van der Waals surface area contributed by atoms with Crippen LogP contribution in [0.5, 0.6) is 5.75 Å². The number of piperazine rings is 1. The predicted molar refractivity (Wildman–Crippen MR) is 133 cm³/mol. The van der Waals surface area contributed by atoms with Crippen molar-refractivity contribution in [2.45, 2.75) is 31.7 Å². The molecule has 0 spiro atoms. The van der Waals surface area contributed by atoms with E-state index in [1.807, 2.05) is 23.1 Å². The number of piperidine rings is 1. The SMILES string of the molecule is COc1cc(N2CCN(CCC(=O)N3CCC(NC(=O)O)CC3)CC2)ccc1N1CCC(=O)NC1=O. The molecule has 12 heteroatoms. The zero-order valence-electron chi connectivity index (χ0n) is 20.6. The molecule has 0 atom stereocenters. The number of amides is 5. The molecule has 0 aromatic heterocycles. The second-order valence-electron chi connectivity index (χ2n) is 9.29.